The molecule has 4 nitrogen and oxygen atoms in total. The van der Waals surface area contributed by atoms with Crippen molar-refractivity contribution in [1.82, 2.24) is 0 Å². The molecule has 0 fully saturated rings. The smallest absolute Gasteiger partial charge is 0.248 e. The third kappa shape index (κ3) is 5.98. The molecule has 0 aromatic heterocycles. The van der Waals surface area contributed by atoms with E-state index < -0.39 is 0 Å². The van der Waals surface area contributed by atoms with Crippen molar-refractivity contribution in [2.24, 2.45) is 0 Å². The zero-order valence-electron chi connectivity index (χ0n) is 18.4. The molecule has 3 rings (SSSR count). The number of hydrogen-bond acceptors (Lipinski definition) is 3. The predicted molar refractivity (Wildman–Crippen MR) is 127 cm³/mol. The van der Waals surface area contributed by atoms with Crippen molar-refractivity contribution in [2.75, 3.05) is 12.4 Å². The highest BCUT2D eigenvalue weighted by Gasteiger charge is 2.09. The number of carbonyl (C=O) groups is 1. The maximum atomic E-state index is 12.5. The van der Waals surface area contributed by atoms with Crippen LogP contribution in [-0.4, -0.2) is 13.0 Å². The van der Waals surface area contributed by atoms with Crippen molar-refractivity contribution in [3.05, 3.63) is 95.1 Å². The molecule has 4 heteroatoms. The summed E-state index contributed by atoms with van der Waals surface area (Å²) in [6.45, 7) is 4.65. The predicted octanol–water partition coefficient (Wildman–Crippen LogP) is 6.05. The third-order valence-electron chi connectivity index (χ3n) is 5.10. The molecule has 0 saturated carbocycles. The Morgan fingerprint density at radius 1 is 0.903 bits per heavy atom. The maximum absolute atomic E-state index is 12.5. The molecule has 3 aromatic rings. The zero-order valence-corrected chi connectivity index (χ0v) is 18.4. The number of methoxy groups -OCH3 is 1. The standard InChI is InChI=1S/C27H29NO3/c1-4-22-12-9-13-23(5-2)27(22)28-26(29)17-15-20-14-16-24(25(18-20)30-3)31-19-21-10-7-6-8-11-21/h6-18H,4-5,19H2,1-3H3,(H,28,29)/b17-15+. The Morgan fingerprint density at radius 3 is 2.26 bits per heavy atom. The molecule has 0 unspecified atom stereocenters. The number of benzene rings is 3. The summed E-state index contributed by atoms with van der Waals surface area (Å²) in [5, 5.41) is 3.05. The first-order valence-corrected chi connectivity index (χ1v) is 10.6. The lowest BCUT2D eigenvalue weighted by Crippen LogP contribution is -2.11. The van der Waals surface area contributed by atoms with E-state index in [0.717, 1.165) is 40.8 Å². The topological polar surface area (TPSA) is 47.6 Å². The van der Waals surface area contributed by atoms with Crippen LogP contribution in [0.5, 0.6) is 11.5 Å². The largest absolute Gasteiger partial charge is 0.493 e. The number of para-hydroxylation sites is 1. The van der Waals surface area contributed by atoms with E-state index in [-0.39, 0.29) is 5.91 Å². The van der Waals surface area contributed by atoms with E-state index in [2.05, 4.69) is 31.3 Å². The molecule has 0 radical (unpaired) electrons. The van der Waals surface area contributed by atoms with Crippen molar-refractivity contribution in [3.63, 3.8) is 0 Å². The van der Waals surface area contributed by atoms with Gasteiger partial charge in [0.15, 0.2) is 11.5 Å². The lowest BCUT2D eigenvalue weighted by atomic mass is 10.0. The van der Waals surface area contributed by atoms with Crippen LogP contribution in [-0.2, 0) is 24.2 Å². The Balaban J connectivity index is 1.69. The van der Waals surface area contributed by atoms with E-state index >= 15 is 0 Å². The van der Waals surface area contributed by atoms with E-state index in [4.69, 9.17) is 9.47 Å². The van der Waals surface area contributed by atoms with E-state index in [9.17, 15) is 4.79 Å². The van der Waals surface area contributed by atoms with Crippen LogP contribution in [0, 0.1) is 0 Å². The summed E-state index contributed by atoms with van der Waals surface area (Å²) in [7, 11) is 1.61. The summed E-state index contributed by atoms with van der Waals surface area (Å²) in [5.41, 5.74) is 5.15. The summed E-state index contributed by atoms with van der Waals surface area (Å²) in [6, 6.07) is 21.8. The van der Waals surface area contributed by atoms with Gasteiger partial charge in [0.2, 0.25) is 5.91 Å². The first kappa shape index (κ1) is 22.2. The van der Waals surface area contributed by atoms with Crippen LogP contribution in [0.1, 0.15) is 36.1 Å². The fraction of sp³-hybridized carbons (Fsp3) is 0.222. The average molecular weight is 416 g/mol. The van der Waals surface area contributed by atoms with Crippen molar-refractivity contribution in [1.29, 1.82) is 0 Å². The van der Waals surface area contributed by atoms with Gasteiger partial charge in [-0.05, 0) is 53.3 Å². The fourth-order valence-electron chi connectivity index (χ4n) is 3.38. The van der Waals surface area contributed by atoms with Gasteiger partial charge in [-0.1, -0.05) is 68.4 Å². The maximum Gasteiger partial charge on any atom is 0.248 e. The van der Waals surface area contributed by atoms with Gasteiger partial charge in [-0.15, -0.1) is 0 Å². The van der Waals surface area contributed by atoms with Gasteiger partial charge >= 0.3 is 0 Å². The Kier molecular flexibility index (Phi) is 7.88. The Hall–Kier alpha value is -3.53. The summed E-state index contributed by atoms with van der Waals surface area (Å²) >= 11 is 0. The first-order chi connectivity index (χ1) is 15.1. The third-order valence-corrected chi connectivity index (χ3v) is 5.10. The first-order valence-electron chi connectivity index (χ1n) is 10.6. The molecule has 160 valence electrons. The van der Waals surface area contributed by atoms with E-state index in [1.165, 1.54) is 0 Å². The molecule has 31 heavy (non-hydrogen) atoms. The number of anilines is 1. The summed E-state index contributed by atoms with van der Waals surface area (Å²) in [6.07, 6.45) is 5.06. The second-order valence-corrected chi connectivity index (χ2v) is 7.17. The Labute approximate surface area is 184 Å². The molecular formula is C27H29NO3. The minimum absolute atomic E-state index is 0.154. The molecule has 0 aliphatic heterocycles. The molecule has 3 aromatic carbocycles. The number of nitrogens with one attached hydrogen (secondary N) is 1. The van der Waals surface area contributed by atoms with Crippen LogP contribution in [0.25, 0.3) is 6.08 Å². The van der Waals surface area contributed by atoms with Gasteiger partial charge in [-0.3, -0.25) is 4.79 Å². The molecule has 1 amide bonds. The number of ether oxygens (including phenoxy) is 2. The zero-order chi connectivity index (χ0) is 22.1. The Bertz CT molecular complexity index is 1020. The lowest BCUT2D eigenvalue weighted by molar-refractivity contribution is -0.111. The van der Waals surface area contributed by atoms with Crippen molar-refractivity contribution >= 4 is 17.7 Å². The van der Waals surface area contributed by atoms with E-state index in [1.54, 1.807) is 19.3 Å². The van der Waals surface area contributed by atoms with Crippen molar-refractivity contribution in [2.45, 2.75) is 33.3 Å². The van der Waals surface area contributed by atoms with Gasteiger partial charge in [0.05, 0.1) is 7.11 Å². The Morgan fingerprint density at radius 2 is 1.61 bits per heavy atom. The van der Waals surface area contributed by atoms with Crippen LogP contribution in [0.15, 0.2) is 72.8 Å². The number of carbonyl (C=O) groups excluding carboxylic acids is 1. The normalized spacial score (nSPS) is 10.8. The van der Waals surface area contributed by atoms with Gasteiger partial charge in [-0.2, -0.15) is 0 Å². The van der Waals surface area contributed by atoms with Crippen LogP contribution in [0.4, 0.5) is 5.69 Å². The van der Waals surface area contributed by atoms with Crippen molar-refractivity contribution < 1.29 is 14.3 Å². The monoisotopic (exact) mass is 415 g/mol. The van der Waals surface area contributed by atoms with Gasteiger partial charge in [0.25, 0.3) is 0 Å². The number of hydrogen-bond donors (Lipinski definition) is 1. The van der Waals surface area contributed by atoms with Crippen molar-refractivity contribution in [3.8, 4) is 11.5 Å². The molecular weight excluding hydrogens is 386 g/mol. The molecule has 0 atom stereocenters. The highest BCUT2D eigenvalue weighted by Crippen LogP contribution is 2.29. The molecule has 0 saturated heterocycles. The summed E-state index contributed by atoms with van der Waals surface area (Å²) in [4.78, 5) is 12.5. The van der Waals surface area contributed by atoms with Gasteiger partial charge < -0.3 is 14.8 Å². The van der Waals surface area contributed by atoms with E-state index in [1.807, 2.05) is 54.6 Å². The molecule has 0 spiro atoms. The quantitative estimate of drug-likeness (QED) is 0.433. The fourth-order valence-corrected chi connectivity index (χ4v) is 3.38. The summed E-state index contributed by atoms with van der Waals surface area (Å²) in [5.74, 6) is 1.14. The second-order valence-electron chi connectivity index (χ2n) is 7.17. The highest BCUT2D eigenvalue weighted by molar-refractivity contribution is 6.02. The average Bonchev–Trinajstić information content (AvgIpc) is 2.82. The number of rotatable bonds is 9. The van der Waals surface area contributed by atoms with Crippen LogP contribution in [0.3, 0.4) is 0 Å². The van der Waals surface area contributed by atoms with Gasteiger partial charge in [0.1, 0.15) is 6.61 Å². The van der Waals surface area contributed by atoms with E-state index in [0.29, 0.717) is 18.1 Å². The number of aryl methyl sites for hydroxylation is 2. The summed E-state index contributed by atoms with van der Waals surface area (Å²) < 4.78 is 11.4. The minimum Gasteiger partial charge on any atom is -0.493 e. The van der Waals surface area contributed by atoms with Crippen LogP contribution >= 0.6 is 0 Å². The van der Waals surface area contributed by atoms with Gasteiger partial charge in [0, 0.05) is 11.8 Å². The van der Waals surface area contributed by atoms with Gasteiger partial charge in [-0.25, -0.2) is 0 Å². The minimum atomic E-state index is -0.154. The highest BCUT2D eigenvalue weighted by atomic mass is 16.5. The van der Waals surface area contributed by atoms with Crippen LogP contribution < -0.4 is 14.8 Å². The molecule has 0 aliphatic rings. The molecule has 1 N–H and O–H groups in total. The van der Waals surface area contributed by atoms with Crippen LogP contribution in [0.2, 0.25) is 0 Å². The molecule has 0 heterocycles. The molecule has 0 bridgehead atoms. The SMILES string of the molecule is CCc1cccc(CC)c1NC(=O)/C=C/c1ccc(OCc2ccccc2)c(OC)c1. The number of amides is 1. The lowest BCUT2D eigenvalue weighted by Gasteiger charge is -2.13. The second kappa shape index (κ2) is 11.0. The molecule has 0 aliphatic carbocycles.